The molecule has 76 valence electrons. The van der Waals surface area contributed by atoms with Crippen LogP contribution in [-0.4, -0.2) is 29.3 Å². The van der Waals surface area contributed by atoms with E-state index in [0.717, 1.165) is 12.8 Å². The van der Waals surface area contributed by atoms with Gasteiger partial charge < -0.3 is 15.7 Å². The Kier molecular flexibility index (Phi) is 3.14. The second kappa shape index (κ2) is 3.96. The second-order valence-corrected chi connectivity index (χ2v) is 4.23. The van der Waals surface area contributed by atoms with Crippen molar-refractivity contribution in [1.29, 1.82) is 0 Å². The molecular formula is C9H18N2O2. The third-order valence-electron chi connectivity index (χ3n) is 2.10. The maximum Gasteiger partial charge on any atom is 0.315 e. The predicted octanol–water partition coefficient (Wildman–Crippen LogP) is 0.609. The lowest BCUT2D eigenvalue weighted by molar-refractivity contribution is 0.210. The summed E-state index contributed by atoms with van der Waals surface area (Å²) >= 11 is 0. The molecule has 13 heavy (non-hydrogen) atoms. The zero-order valence-corrected chi connectivity index (χ0v) is 8.26. The minimum absolute atomic E-state index is 0.0940. The molecule has 2 amide bonds. The molecule has 1 saturated carbocycles. The van der Waals surface area contributed by atoms with Crippen molar-refractivity contribution >= 4 is 6.03 Å². The van der Waals surface area contributed by atoms with Gasteiger partial charge in [-0.25, -0.2) is 4.79 Å². The predicted molar refractivity (Wildman–Crippen MR) is 50.5 cm³/mol. The molecule has 4 heteroatoms. The van der Waals surface area contributed by atoms with Gasteiger partial charge >= 0.3 is 6.03 Å². The van der Waals surface area contributed by atoms with Crippen molar-refractivity contribution in [3.05, 3.63) is 0 Å². The first-order valence-corrected chi connectivity index (χ1v) is 4.73. The molecule has 0 aromatic heterocycles. The van der Waals surface area contributed by atoms with E-state index < -0.39 is 0 Å². The second-order valence-electron chi connectivity index (χ2n) is 4.23. The molecule has 0 aromatic rings. The number of rotatable bonds is 4. The van der Waals surface area contributed by atoms with Crippen LogP contribution in [0.2, 0.25) is 0 Å². The minimum Gasteiger partial charge on any atom is -0.396 e. The van der Waals surface area contributed by atoms with Gasteiger partial charge in [-0.05, 0) is 33.1 Å². The summed E-state index contributed by atoms with van der Waals surface area (Å²) in [7, 11) is 0. The van der Waals surface area contributed by atoms with Crippen LogP contribution in [-0.2, 0) is 0 Å². The average molecular weight is 186 g/mol. The van der Waals surface area contributed by atoms with E-state index in [1.165, 1.54) is 0 Å². The molecule has 1 aliphatic rings. The summed E-state index contributed by atoms with van der Waals surface area (Å²) < 4.78 is 0. The molecular weight excluding hydrogens is 168 g/mol. The maximum atomic E-state index is 11.3. The van der Waals surface area contributed by atoms with Gasteiger partial charge in [0.15, 0.2) is 0 Å². The highest BCUT2D eigenvalue weighted by Crippen LogP contribution is 2.18. The van der Waals surface area contributed by atoms with E-state index in [1.54, 1.807) is 0 Å². The fraction of sp³-hybridized carbons (Fsp3) is 0.889. The van der Waals surface area contributed by atoms with E-state index >= 15 is 0 Å². The Balaban J connectivity index is 2.23. The van der Waals surface area contributed by atoms with E-state index in [0.29, 0.717) is 12.5 Å². The van der Waals surface area contributed by atoms with Crippen molar-refractivity contribution in [2.45, 2.75) is 44.7 Å². The molecule has 0 aliphatic heterocycles. The van der Waals surface area contributed by atoms with Crippen molar-refractivity contribution in [3.8, 4) is 0 Å². The first kappa shape index (κ1) is 10.3. The third kappa shape index (κ3) is 4.12. The Morgan fingerprint density at radius 2 is 2.15 bits per heavy atom. The van der Waals surface area contributed by atoms with E-state index in [4.69, 9.17) is 5.11 Å². The normalized spacial score (nSPS) is 16.8. The van der Waals surface area contributed by atoms with Crippen LogP contribution in [0.25, 0.3) is 0 Å². The molecule has 0 atom stereocenters. The largest absolute Gasteiger partial charge is 0.396 e. The molecule has 0 spiro atoms. The van der Waals surface area contributed by atoms with Crippen LogP contribution < -0.4 is 10.6 Å². The van der Waals surface area contributed by atoms with Crippen molar-refractivity contribution in [1.82, 2.24) is 10.6 Å². The number of amides is 2. The van der Waals surface area contributed by atoms with Crippen LogP contribution in [0.1, 0.15) is 33.1 Å². The number of nitrogens with one attached hydrogen (secondary N) is 2. The van der Waals surface area contributed by atoms with Crippen molar-refractivity contribution in [3.63, 3.8) is 0 Å². The summed E-state index contributed by atoms with van der Waals surface area (Å²) in [6.45, 7) is 3.89. The molecule has 0 bridgehead atoms. The first-order chi connectivity index (χ1) is 6.03. The van der Waals surface area contributed by atoms with Gasteiger partial charge in [0, 0.05) is 18.2 Å². The number of aliphatic hydroxyl groups excluding tert-OH is 1. The van der Waals surface area contributed by atoms with Crippen molar-refractivity contribution in [2.24, 2.45) is 0 Å². The lowest BCUT2D eigenvalue weighted by atomic mass is 10.0. The van der Waals surface area contributed by atoms with Gasteiger partial charge in [0.25, 0.3) is 0 Å². The molecule has 3 N–H and O–H groups in total. The molecule has 1 rings (SSSR count). The Morgan fingerprint density at radius 1 is 1.54 bits per heavy atom. The summed E-state index contributed by atoms with van der Waals surface area (Å²) in [5, 5.41) is 14.4. The van der Waals surface area contributed by atoms with Gasteiger partial charge in [0.1, 0.15) is 0 Å². The van der Waals surface area contributed by atoms with Crippen LogP contribution >= 0.6 is 0 Å². The molecule has 0 radical (unpaired) electrons. The van der Waals surface area contributed by atoms with Gasteiger partial charge in [-0.15, -0.1) is 0 Å². The highest BCUT2D eigenvalue weighted by Gasteiger charge is 2.26. The summed E-state index contributed by atoms with van der Waals surface area (Å²) in [5.74, 6) is 0. The topological polar surface area (TPSA) is 61.4 Å². The number of hydrogen-bond acceptors (Lipinski definition) is 2. The van der Waals surface area contributed by atoms with Crippen LogP contribution in [0.4, 0.5) is 4.79 Å². The van der Waals surface area contributed by atoms with Crippen LogP contribution in [0.3, 0.4) is 0 Å². The molecule has 0 unspecified atom stereocenters. The number of urea groups is 1. The molecule has 1 fully saturated rings. The summed E-state index contributed by atoms with van der Waals surface area (Å²) in [5.41, 5.74) is -0.326. The average Bonchev–Trinajstić information content (AvgIpc) is 2.68. The zero-order chi connectivity index (χ0) is 9.90. The molecule has 0 heterocycles. The number of carbonyl (C=O) groups excluding carboxylic acids is 1. The molecule has 0 aromatic carbocycles. The standard InChI is InChI=1S/C9H18N2O2/c1-9(2,5-6-12)11-8(13)10-7-3-4-7/h7,12H,3-6H2,1-2H3,(H2,10,11,13). The zero-order valence-electron chi connectivity index (χ0n) is 8.26. The summed E-state index contributed by atoms with van der Waals surface area (Å²) in [6.07, 6.45) is 2.76. The fourth-order valence-corrected chi connectivity index (χ4v) is 1.10. The van der Waals surface area contributed by atoms with Gasteiger partial charge in [-0.3, -0.25) is 0 Å². The molecule has 0 saturated heterocycles. The summed E-state index contributed by atoms with van der Waals surface area (Å²) in [6, 6.07) is 0.255. The van der Waals surface area contributed by atoms with E-state index in [1.807, 2.05) is 13.8 Å². The monoisotopic (exact) mass is 186 g/mol. The highest BCUT2D eigenvalue weighted by molar-refractivity contribution is 5.75. The van der Waals surface area contributed by atoms with Crippen molar-refractivity contribution < 1.29 is 9.90 Å². The Hall–Kier alpha value is -0.770. The quantitative estimate of drug-likeness (QED) is 0.602. The Labute approximate surface area is 78.7 Å². The minimum atomic E-state index is -0.326. The van der Waals surface area contributed by atoms with Gasteiger partial charge in [0.05, 0.1) is 0 Å². The SMILES string of the molecule is CC(C)(CCO)NC(=O)NC1CC1. The van der Waals surface area contributed by atoms with Crippen LogP contribution in [0.15, 0.2) is 0 Å². The number of aliphatic hydroxyl groups is 1. The van der Waals surface area contributed by atoms with Gasteiger partial charge in [0.2, 0.25) is 0 Å². The smallest absolute Gasteiger partial charge is 0.315 e. The lowest BCUT2D eigenvalue weighted by Crippen LogP contribution is -2.49. The van der Waals surface area contributed by atoms with E-state index in [9.17, 15) is 4.79 Å². The fourth-order valence-electron chi connectivity index (χ4n) is 1.10. The van der Waals surface area contributed by atoms with E-state index in [-0.39, 0.29) is 18.2 Å². The first-order valence-electron chi connectivity index (χ1n) is 4.73. The molecule has 1 aliphatic carbocycles. The van der Waals surface area contributed by atoms with Crippen LogP contribution in [0, 0.1) is 0 Å². The van der Waals surface area contributed by atoms with Gasteiger partial charge in [-0.2, -0.15) is 0 Å². The number of hydrogen-bond donors (Lipinski definition) is 3. The van der Waals surface area contributed by atoms with Crippen LogP contribution in [0.5, 0.6) is 0 Å². The summed E-state index contributed by atoms with van der Waals surface area (Å²) in [4.78, 5) is 11.3. The lowest BCUT2D eigenvalue weighted by Gasteiger charge is -2.25. The Bertz CT molecular complexity index is 188. The van der Waals surface area contributed by atoms with E-state index in [2.05, 4.69) is 10.6 Å². The Morgan fingerprint density at radius 3 is 2.62 bits per heavy atom. The van der Waals surface area contributed by atoms with Gasteiger partial charge in [-0.1, -0.05) is 0 Å². The third-order valence-corrected chi connectivity index (χ3v) is 2.10. The highest BCUT2D eigenvalue weighted by atomic mass is 16.3. The number of carbonyl (C=O) groups is 1. The van der Waals surface area contributed by atoms with Crippen molar-refractivity contribution in [2.75, 3.05) is 6.61 Å². The maximum absolute atomic E-state index is 11.3. The molecule has 4 nitrogen and oxygen atoms in total.